The molecule has 1 fully saturated rings. The zero-order valence-corrected chi connectivity index (χ0v) is 12.2. The number of nitrogens with one attached hydrogen (secondary N) is 1. The fourth-order valence-corrected chi connectivity index (χ4v) is 2.61. The Hall–Kier alpha value is -1.13. The molecule has 1 amide bonds. The molecule has 1 aliphatic rings. The molecular formula is C14H20ClN3O. The number of rotatable bonds is 4. The first-order valence-electron chi connectivity index (χ1n) is 6.74. The van der Waals surface area contributed by atoms with Gasteiger partial charge in [0.1, 0.15) is 5.15 Å². The summed E-state index contributed by atoms with van der Waals surface area (Å²) in [4.78, 5) is 18.6. The van der Waals surface area contributed by atoms with Crippen LogP contribution in [0.2, 0.25) is 5.15 Å². The number of aryl methyl sites for hydroxylation is 1. The molecule has 1 aliphatic heterocycles. The van der Waals surface area contributed by atoms with Crippen molar-refractivity contribution in [1.29, 1.82) is 0 Å². The summed E-state index contributed by atoms with van der Waals surface area (Å²) >= 11 is 5.97. The van der Waals surface area contributed by atoms with Gasteiger partial charge in [0, 0.05) is 23.8 Å². The van der Waals surface area contributed by atoms with E-state index in [9.17, 15) is 4.79 Å². The summed E-state index contributed by atoms with van der Waals surface area (Å²) in [6.45, 7) is 4.02. The number of carbonyl (C=O) groups excluding carboxylic acids is 1. The molecule has 1 saturated heterocycles. The summed E-state index contributed by atoms with van der Waals surface area (Å²) in [7, 11) is 2.06. The van der Waals surface area contributed by atoms with Gasteiger partial charge in [-0.25, -0.2) is 4.98 Å². The fraction of sp³-hybridized carbons (Fsp3) is 0.571. The van der Waals surface area contributed by atoms with E-state index < -0.39 is 0 Å². The number of hydrogen-bond acceptors (Lipinski definition) is 3. The van der Waals surface area contributed by atoms with Crippen LogP contribution in [0, 0.1) is 0 Å². The maximum Gasteiger partial charge on any atom is 0.251 e. The molecule has 1 aromatic heterocycles. The Morgan fingerprint density at radius 2 is 2.37 bits per heavy atom. The highest BCUT2D eigenvalue weighted by atomic mass is 35.5. The number of nitrogens with zero attached hydrogens (tertiary/aromatic N) is 2. The molecule has 0 bridgehead atoms. The van der Waals surface area contributed by atoms with Crippen molar-refractivity contribution in [2.24, 2.45) is 0 Å². The van der Waals surface area contributed by atoms with Crippen LogP contribution in [0.4, 0.5) is 0 Å². The SMILES string of the molecule is CCCc1cc(C(=O)NC2CCN(C)C2)cc(Cl)n1. The van der Waals surface area contributed by atoms with E-state index in [1.165, 1.54) is 0 Å². The van der Waals surface area contributed by atoms with E-state index in [0.717, 1.165) is 38.0 Å². The van der Waals surface area contributed by atoms with E-state index in [1.54, 1.807) is 6.07 Å². The summed E-state index contributed by atoms with van der Waals surface area (Å²) in [5.41, 5.74) is 1.49. The van der Waals surface area contributed by atoms with Crippen LogP contribution < -0.4 is 5.32 Å². The Morgan fingerprint density at radius 3 is 3.00 bits per heavy atom. The van der Waals surface area contributed by atoms with Crippen LogP contribution in [-0.2, 0) is 6.42 Å². The second kappa shape index (κ2) is 6.35. The summed E-state index contributed by atoms with van der Waals surface area (Å²) in [6, 6.07) is 3.71. The van der Waals surface area contributed by atoms with Crippen molar-refractivity contribution in [2.45, 2.75) is 32.2 Å². The number of aromatic nitrogens is 1. The van der Waals surface area contributed by atoms with Crippen molar-refractivity contribution in [3.8, 4) is 0 Å². The molecule has 5 heteroatoms. The van der Waals surface area contributed by atoms with Crippen LogP contribution in [-0.4, -0.2) is 42.0 Å². The van der Waals surface area contributed by atoms with Gasteiger partial charge in [-0.2, -0.15) is 0 Å². The zero-order valence-electron chi connectivity index (χ0n) is 11.4. The average molecular weight is 282 g/mol. The largest absolute Gasteiger partial charge is 0.348 e. The van der Waals surface area contributed by atoms with E-state index in [2.05, 4.69) is 29.2 Å². The minimum Gasteiger partial charge on any atom is -0.348 e. The van der Waals surface area contributed by atoms with Gasteiger partial charge in [-0.1, -0.05) is 24.9 Å². The number of likely N-dealkylation sites (tertiary alicyclic amines) is 1. The van der Waals surface area contributed by atoms with Crippen LogP contribution >= 0.6 is 11.6 Å². The lowest BCUT2D eigenvalue weighted by atomic mass is 10.1. The normalized spacial score (nSPS) is 19.6. The maximum atomic E-state index is 12.2. The predicted molar refractivity (Wildman–Crippen MR) is 76.6 cm³/mol. The highest BCUT2D eigenvalue weighted by Gasteiger charge is 2.21. The summed E-state index contributed by atoms with van der Waals surface area (Å²) in [6.07, 6.45) is 2.83. The van der Waals surface area contributed by atoms with Gasteiger partial charge in [-0.05, 0) is 38.6 Å². The first kappa shape index (κ1) is 14.3. The Labute approximate surface area is 119 Å². The van der Waals surface area contributed by atoms with Crippen LogP contribution in [0.1, 0.15) is 35.8 Å². The molecule has 19 heavy (non-hydrogen) atoms. The predicted octanol–water partition coefficient (Wildman–Crippen LogP) is 2.12. The molecule has 0 aliphatic carbocycles. The van der Waals surface area contributed by atoms with Gasteiger partial charge in [-0.15, -0.1) is 0 Å². The third-order valence-corrected chi connectivity index (χ3v) is 3.54. The third kappa shape index (κ3) is 3.91. The molecule has 1 unspecified atom stereocenters. The van der Waals surface area contributed by atoms with Crippen molar-refractivity contribution in [2.75, 3.05) is 20.1 Å². The zero-order chi connectivity index (χ0) is 13.8. The molecule has 1 aromatic rings. The number of carbonyl (C=O) groups is 1. The molecule has 1 N–H and O–H groups in total. The van der Waals surface area contributed by atoms with Crippen LogP contribution in [0.5, 0.6) is 0 Å². The number of amides is 1. The van der Waals surface area contributed by atoms with Gasteiger partial charge in [0.25, 0.3) is 5.91 Å². The molecule has 2 rings (SSSR count). The molecule has 1 atom stereocenters. The number of halogens is 1. The van der Waals surface area contributed by atoms with Crippen molar-refractivity contribution < 1.29 is 4.79 Å². The first-order valence-corrected chi connectivity index (χ1v) is 7.12. The maximum absolute atomic E-state index is 12.2. The summed E-state index contributed by atoms with van der Waals surface area (Å²) < 4.78 is 0. The molecule has 4 nitrogen and oxygen atoms in total. The van der Waals surface area contributed by atoms with E-state index in [0.29, 0.717) is 10.7 Å². The van der Waals surface area contributed by atoms with Gasteiger partial charge >= 0.3 is 0 Å². The second-order valence-corrected chi connectivity index (χ2v) is 5.53. The number of likely N-dealkylation sites (N-methyl/N-ethyl adjacent to an activating group) is 1. The van der Waals surface area contributed by atoms with Crippen LogP contribution in [0.15, 0.2) is 12.1 Å². The summed E-state index contributed by atoms with van der Waals surface area (Å²) in [5.74, 6) is -0.0537. The van der Waals surface area contributed by atoms with Crippen molar-refractivity contribution >= 4 is 17.5 Å². The quantitative estimate of drug-likeness (QED) is 0.860. The van der Waals surface area contributed by atoms with Crippen LogP contribution in [0.3, 0.4) is 0 Å². The topological polar surface area (TPSA) is 45.2 Å². The lowest BCUT2D eigenvalue weighted by Crippen LogP contribution is -2.36. The highest BCUT2D eigenvalue weighted by molar-refractivity contribution is 6.29. The number of hydrogen-bond donors (Lipinski definition) is 1. The number of pyridine rings is 1. The molecule has 0 aromatic carbocycles. The molecular weight excluding hydrogens is 262 g/mol. The minimum absolute atomic E-state index is 0.0537. The van der Waals surface area contributed by atoms with Gasteiger partial charge in [0.05, 0.1) is 0 Å². The smallest absolute Gasteiger partial charge is 0.251 e. The Bertz CT molecular complexity index is 464. The second-order valence-electron chi connectivity index (χ2n) is 5.14. The van der Waals surface area contributed by atoms with E-state index >= 15 is 0 Å². The lowest BCUT2D eigenvalue weighted by molar-refractivity contribution is 0.0938. The van der Waals surface area contributed by atoms with Crippen molar-refractivity contribution in [3.63, 3.8) is 0 Å². The van der Waals surface area contributed by atoms with E-state index in [1.807, 2.05) is 6.07 Å². The average Bonchev–Trinajstić information content (AvgIpc) is 2.74. The van der Waals surface area contributed by atoms with Gasteiger partial charge in [0.2, 0.25) is 0 Å². The Kier molecular flexibility index (Phi) is 4.77. The molecule has 0 saturated carbocycles. The monoisotopic (exact) mass is 281 g/mol. The van der Waals surface area contributed by atoms with E-state index in [4.69, 9.17) is 11.6 Å². The van der Waals surface area contributed by atoms with Gasteiger partial charge in [-0.3, -0.25) is 4.79 Å². The lowest BCUT2D eigenvalue weighted by Gasteiger charge is -2.13. The fourth-order valence-electron chi connectivity index (χ4n) is 2.39. The van der Waals surface area contributed by atoms with Crippen molar-refractivity contribution in [3.05, 3.63) is 28.5 Å². The Balaban J connectivity index is 2.05. The third-order valence-electron chi connectivity index (χ3n) is 3.34. The van der Waals surface area contributed by atoms with Crippen LogP contribution in [0.25, 0.3) is 0 Å². The molecule has 0 radical (unpaired) electrons. The minimum atomic E-state index is -0.0537. The van der Waals surface area contributed by atoms with Crippen molar-refractivity contribution in [1.82, 2.24) is 15.2 Å². The highest BCUT2D eigenvalue weighted by Crippen LogP contribution is 2.14. The van der Waals surface area contributed by atoms with Gasteiger partial charge in [0.15, 0.2) is 0 Å². The Morgan fingerprint density at radius 1 is 1.58 bits per heavy atom. The van der Waals surface area contributed by atoms with Gasteiger partial charge < -0.3 is 10.2 Å². The summed E-state index contributed by atoms with van der Waals surface area (Å²) in [5, 5.41) is 3.44. The molecule has 2 heterocycles. The molecule has 104 valence electrons. The van der Waals surface area contributed by atoms with E-state index in [-0.39, 0.29) is 11.9 Å². The molecule has 0 spiro atoms. The standard InChI is InChI=1S/C14H20ClN3O/c1-3-4-11-7-10(8-13(15)16-11)14(19)17-12-5-6-18(2)9-12/h7-8,12H,3-6,9H2,1-2H3,(H,17,19). The first-order chi connectivity index (χ1) is 9.08.